The number of halogens is 1. The van der Waals surface area contributed by atoms with Gasteiger partial charge in [-0.15, -0.1) is 0 Å². The Morgan fingerprint density at radius 3 is 2.47 bits per heavy atom. The van der Waals surface area contributed by atoms with Gasteiger partial charge in [-0.3, -0.25) is 14.4 Å². The fourth-order valence-corrected chi connectivity index (χ4v) is 7.09. The molecule has 2 aliphatic rings. The molecule has 2 N–H and O–H groups in total. The molecular weight excluding hydrogens is 642 g/mol. The second-order valence-corrected chi connectivity index (χ2v) is 14.5. The minimum absolute atomic E-state index is 0.00579. The van der Waals surface area contributed by atoms with Gasteiger partial charge in [0, 0.05) is 24.1 Å². The van der Waals surface area contributed by atoms with Crippen LogP contribution in [0.4, 0.5) is 0 Å². The highest BCUT2D eigenvalue weighted by Gasteiger charge is 2.31. The molecule has 4 aromatic rings. The van der Waals surface area contributed by atoms with E-state index in [4.69, 9.17) is 16.3 Å². The van der Waals surface area contributed by atoms with E-state index in [0.717, 1.165) is 42.4 Å². The van der Waals surface area contributed by atoms with Crippen LogP contribution >= 0.6 is 11.6 Å². The average Bonchev–Trinajstić information content (AvgIpc) is 3.69. The summed E-state index contributed by atoms with van der Waals surface area (Å²) in [4.78, 5) is 58.5. The standard InChI is InChI=1S/C38H42ClN5O5/c1-22-25-16-17-30(27(25)15-14-26(22)37(48)49-38(2,3)4)43-36(47)32-19-31(35(46)40-20-23-10-6-5-7-11-23)42-34-28(21-41-44(32)34)33(45)18-24-12-8-9-13-29(24)39/h8-9,12-15,19,21,23,30H,5-7,10-11,16-18,20H2,1-4H3,(H,40,46)(H,43,47)/t30-/m0/s1. The summed E-state index contributed by atoms with van der Waals surface area (Å²) in [6.45, 7) is 7.92. The van der Waals surface area contributed by atoms with E-state index in [1.165, 1.54) is 23.2 Å². The van der Waals surface area contributed by atoms with Crippen LogP contribution in [0, 0.1) is 12.8 Å². The number of amides is 2. The molecule has 2 amide bonds. The third-order valence-corrected chi connectivity index (χ3v) is 9.81. The molecule has 2 heterocycles. The number of ether oxygens (including phenoxy) is 1. The largest absolute Gasteiger partial charge is 0.456 e. The maximum Gasteiger partial charge on any atom is 0.338 e. The highest BCUT2D eigenvalue weighted by atomic mass is 35.5. The highest BCUT2D eigenvalue weighted by molar-refractivity contribution is 6.31. The lowest BCUT2D eigenvalue weighted by molar-refractivity contribution is 0.00682. The minimum atomic E-state index is -0.619. The zero-order valence-electron chi connectivity index (χ0n) is 28.4. The van der Waals surface area contributed by atoms with Crippen molar-refractivity contribution in [2.24, 2.45) is 5.92 Å². The number of nitrogens with one attached hydrogen (secondary N) is 2. The van der Waals surface area contributed by atoms with E-state index in [1.54, 1.807) is 30.3 Å². The highest BCUT2D eigenvalue weighted by Crippen LogP contribution is 2.35. The lowest BCUT2D eigenvalue weighted by Crippen LogP contribution is -2.33. The predicted molar refractivity (Wildman–Crippen MR) is 186 cm³/mol. The van der Waals surface area contributed by atoms with Crippen LogP contribution in [-0.2, 0) is 17.6 Å². The lowest BCUT2D eigenvalue weighted by atomic mass is 9.89. The third-order valence-electron chi connectivity index (χ3n) is 9.44. The van der Waals surface area contributed by atoms with E-state index in [-0.39, 0.29) is 46.8 Å². The van der Waals surface area contributed by atoms with Crippen molar-refractivity contribution < 1.29 is 23.9 Å². The number of Topliss-reactive ketones (excluding diaryl/α,β-unsaturated/α-hetero) is 1. The molecule has 11 heteroatoms. The minimum Gasteiger partial charge on any atom is -0.456 e. The first kappa shape index (κ1) is 34.3. The van der Waals surface area contributed by atoms with Gasteiger partial charge in [0.2, 0.25) is 0 Å². The summed E-state index contributed by atoms with van der Waals surface area (Å²) in [5.41, 5.74) is 3.72. The van der Waals surface area contributed by atoms with Gasteiger partial charge in [-0.05, 0) is 93.7 Å². The van der Waals surface area contributed by atoms with Gasteiger partial charge < -0.3 is 15.4 Å². The van der Waals surface area contributed by atoms with Crippen molar-refractivity contribution in [1.82, 2.24) is 25.2 Å². The first-order valence-electron chi connectivity index (χ1n) is 17.0. The van der Waals surface area contributed by atoms with Crippen LogP contribution in [0.25, 0.3) is 5.65 Å². The number of benzene rings is 2. The van der Waals surface area contributed by atoms with Gasteiger partial charge in [0.25, 0.3) is 11.8 Å². The maximum atomic E-state index is 14.0. The zero-order chi connectivity index (χ0) is 34.9. The van der Waals surface area contributed by atoms with Gasteiger partial charge in [-0.25, -0.2) is 14.3 Å². The molecule has 2 aromatic carbocycles. The van der Waals surface area contributed by atoms with Crippen LogP contribution < -0.4 is 10.6 Å². The number of carbonyl (C=O) groups is 4. The molecule has 6 rings (SSSR count). The molecule has 0 bridgehead atoms. The molecule has 1 fully saturated rings. The summed E-state index contributed by atoms with van der Waals surface area (Å²) >= 11 is 6.34. The quantitative estimate of drug-likeness (QED) is 0.147. The maximum absolute atomic E-state index is 14.0. The van der Waals surface area contributed by atoms with Crippen LogP contribution in [0.5, 0.6) is 0 Å². The molecule has 256 valence electrons. The fraction of sp³-hybridized carbons (Fsp3) is 0.421. The second-order valence-electron chi connectivity index (χ2n) is 14.1. The van der Waals surface area contributed by atoms with Crippen molar-refractivity contribution in [3.63, 3.8) is 0 Å². The van der Waals surface area contributed by atoms with Crippen molar-refractivity contribution in [2.45, 2.75) is 90.7 Å². The topological polar surface area (TPSA) is 132 Å². The van der Waals surface area contributed by atoms with Crippen LogP contribution in [0.2, 0.25) is 5.02 Å². The number of esters is 1. The molecule has 0 spiro atoms. The summed E-state index contributed by atoms with van der Waals surface area (Å²) in [6, 6.07) is 11.8. The average molecular weight is 684 g/mol. The molecule has 0 saturated heterocycles. The van der Waals surface area contributed by atoms with Crippen molar-refractivity contribution in [2.75, 3.05) is 6.54 Å². The molecular formula is C38H42ClN5O5. The van der Waals surface area contributed by atoms with Gasteiger partial charge >= 0.3 is 5.97 Å². The van der Waals surface area contributed by atoms with E-state index in [0.29, 0.717) is 41.5 Å². The molecule has 0 radical (unpaired) electrons. The number of aromatic nitrogens is 3. The number of ketones is 1. The summed E-state index contributed by atoms with van der Waals surface area (Å²) < 4.78 is 6.93. The van der Waals surface area contributed by atoms with Crippen LogP contribution in [-0.4, -0.2) is 50.3 Å². The Kier molecular flexibility index (Phi) is 9.88. The third kappa shape index (κ3) is 7.54. The number of hydrogen-bond acceptors (Lipinski definition) is 7. The summed E-state index contributed by atoms with van der Waals surface area (Å²) in [6.07, 6.45) is 8.32. The summed E-state index contributed by atoms with van der Waals surface area (Å²) in [5.74, 6) is -1.15. The number of hydrogen-bond donors (Lipinski definition) is 2. The summed E-state index contributed by atoms with van der Waals surface area (Å²) in [7, 11) is 0. The monoisotopic (exact) mass is 683 g/mol. The number of carbonyl (C=O) groups excluding carboxylic acids is 4. The van der Waals surface area contributed by atoms with Crippen LogP contribution in [0.1, 0.15) is 129 Å². The van der Waals surface area contributed by atoms with E-state index in [9.17, 15) is 19.2 Å². The Bertz CT molecular complexity index is 1940. The molecule has 2 aromatic heterocycles. The van der Waals surface area contributed by atoms with E-state index in [2.05, 4.69) is 20.7 Å². The fourth-order valence-electron chi connectivity index (χ4n) is 6.88. The van der Waals surface area contributed by atoms with Gasteiger partial charge in [0.05, 0.1) is 23.4 Å². The molecule has 1 atom stereocenters. The Labute approximate surface area is 291 Å². The van der Waals surface area contributed by atoms with Crippen molar-refractivity contribution in [1.29, 1.82) is 0 Å². The van der Waals surface area contributed by atoms with Crippen molar-refractivity contribution >= 4 is 40.8 Å². The van der Waals surface area contributed by atoms with Crippen molar-refractivity contribution in [3.05, 3.63) is 98.5 Å². The van der Waals surface area contributed by atoms with Crippen LogP contribution in [0.3, 0.4) is 0 Å². The lowest BCUT2D eigenvalue weighted by Gasteiger charge is -2.21. The second kappa shape index (κ2) is 14.1. The zero-order valence-corrected chi connectivity index (χ0v) is 29.2. The van der Waals surface area contributed by atoms with Gasteiger partial charge in [0.15, 0.2) is 11.4 Å². The Balaban J connectivity index is 1.30. The number of nitrogens with zero attached hydrogens (tertiary/aromatic N) is 3. The first-order valence-corrected chi connectivity index (χ1v) is 17.4. The van der Waals surface area contributed by atoms with Crippen molar-refractivity contribution in [3.8, 4) is 0 Å². The molecule has 2 aliphatic carbocycles. The van der Waals surface area contributed by atoms with Gasteiger partial charge in [-0.1, -0.05) is 55.1 Å². The normalized spacial score (nSPS) is 16.3. The molecule has 0 unspecified atom stereocenters. The number of fused-ring (bicyclic) bond motifs is 2. The van der Waals surface area contributed by atoms with Gasteiger partial charge in [0.1, 0.15) is 17.0 Å². The molecule has 1 saturated carbocycles. The van der Waals surface area contributed by atoms with Gasteiger partial charge in [-0.2, -0.15) is 5.10 Å². The SMILES string of the molecule is Cc1c(C(=O)OC(C)(C)C)ccc2c1CC[C@@H]2NC(=O)c1cc(C(=O)NCC2CCCCC2)nc2c(C(=O)Cc3ccccc3Cl)cnn12. The van der Waals surface area contributed by atoms with E-state index < -0.39 is 17.4 Å². The predicted octanol–water partition coefficient (Wildman–Crippen LogP) is 6.80. The Morgan fingerprint density at radius 1 is 0.980 bits per heavy atom. The van der Waals surface area contributed by atoms with E-state index in [1.807, 2.05) is 33.8 Å². The Morgan fingerprint density at radius 2 is 1.73 bits per heavy atom. The Hall–Kier alpha value is -4.57. The van der Waals surface area contributed by atoms with E-state index >= 15 is 0 Å². The molecule has 49 heavy (non-hydrogen) atoms. The molecule has 0 aliphatic heterocycles. The van der Waals surface area contributed by atoms with Crippen LogP contribution in [0.15, 0.2) is 48.7 Å². The smallest absolute Gasteiger partial charge is 0.338 e. The first-order chi connectivity index (χ1) is 23.4. The molecule has 10 nitrogen and oxygen atoms in total. The summed E-state index contributed by atoms with van der Waals surface area (Å²) in [5, 5.41) is 11.0. The number of rotatable bonds is 9.